The van der Waals surface area contributed by atoms with Crippen molar-refractivity contribution in [2.24, 2.45) is 0 Å². The van der Waals surface area contributed by atoms with Crippen molar-refractivity contribution in [2.45, 2.75) is 23.6 Å². The van der Waals surface area contributed by atoms with Gasteiger partial charge < -0.3 is 5.32 Å². The van der Waals surface area contributed by atoms with Crippen molar-refractivity contribution >= 4 is 45.0 Å². The molecule has 4 nitrogen and oxygen atoms in total. The van der Waals surface area contributed by atoms with Crippen LogP contribution in [0.3, 0.4) is 0 Å². The average molecular weight is 357 g/mol. The number of hydrogen-bond acceptors (Lipinski definition) is 4. The summed E-state index contributed by atoms with van der Waals surface area (Å²) in [6.07, 6.45) is 1.93. The van der Waals surface area contributed by atoms with Gasteiger partial charge in [-0.1, -0.05) is 30.1 Å². The molecule has 1 aromatic carbocycles. The summed E-state index contributed by atoms with van der Waals surface area (Å²) < 4.78 is 27.1. The fraction of sp³-hybridized carbons (Fsp3) is 0.500. The van der Waals surface area contributed by atoms with Crippen LogP contribution in [0.5, 0.6) is 0 Å². The molecule has 0 spiro atoms. The minimum atomic E-state index is -3.67. The topological polar surface area (TPSA) is 58.2 Å². The second-order valence-corrected chi connectivity index (χ2v) is 8.13. The van der Waals surface area contributed by atoms with Gasteiger partial charge in [0, 0.05) is 23.4 Å². The Morgan fingerprint density at radius 1 is 1.35 bits per heavy atom. The highest BCUT2D eigenvalue weighted by Gasteiger charge is 2.21. The van der Waals surface area contributed by atoms with E-state index >= 15 is 0 Å². The summed E-state index contributed by atoms with van der Waals surface area (Å²) in [5.74, 6) is 0. The lowest BCUT2D eigenvalue weighted by Gasteiger charge is -2.14. The molecular weight excluding hydrogens is 339 g/mol. The minimum Gasteiger partial charge on any atom is -0.316 e. The maximum absolute atomic E-state index is 12.3. The van der Waals surface area contributed by atoms with Gasteiger partial charge in [-0.15, -0.1) is 0 Å². The first-order valence-corrected chi connectivity index (χ1v) is 9.49. The van der Waals surface area contributed by atoms with E-state index in [2.05, 4.69) is 10.0 Å². The summed E-state index contributed by atoms with van der Waals surface area (Å²) in [6.45, 7) is 2.73. The van der Waals surface area contributed by atoms with E-state index < -0.39 is 10.0 Å². The van der Waals surface area contributed by atoms with Crippen LogP contribution in [-0.2, 0) is 16.6 Å². The maximum atomic E-state index is 12.3. The van der Waals surface area contributed by atoms with Gasteiger partial charge in [-0.2, -0.15) is 11.8 Å². The van der Waals surface area contributed by atoms with Crippen LogP contribution in [0.1, 0.15) is 12.5 Å². The van der Waals surface area contributed by atoms with Gasteiger partial charge in [-0.3, -0.25) is 0 Å². The molecule has 0 radical (unpaired) electrons. The standard InChI is InChI=1S/C12H18Cl2N2O2S2/c1-8(19-3)6-16-20(17,18)11-5-10(13)4-9(7-15-2)12(11)14/h4-5,8,15-16H,6-7H2,1-3H3. The summed E-state index contributed by atoms with van der Waals surface area (Å²) in [4.78, 5) is 0.0187. The van der Waals surface area contributed by atoms with Crippen molar-refractivity contribution in [1.29, 1.82) is 0 Å². The Hall–Kier alpha value is 0.0200. The van der Waals surface area contributed by atoms with Crippen LogP contribution in [0.2, 0.25) is 10.0 Å². The van der Waals surface area contributed by atoms with Crippen molar-refractivity contribution in [3.05, 3.63) is 27.7 Å². The average Bonchev–Trinajstić information content (AvgIpc) is 2.40. The zero-order valence-corrected chi connectivity index (χ0v) is 14.7. The van der Waals surface area contributed by atoms with Crippen LogP contribution in [0, 0.1) is 0 Å². The third-order valence-electron chi connectivity index (χ3n) is 2.70. The molecule has 1 rings (SSSR count). The first-order valence-electron chi connectivity index (χ1n) is 5.96. The highest BCUT2D eigenvalue weighted by atomic mass is 35.5. The summed E-state index contributed by atoms with van der Waals surface area (Å²) in [5, 5.41) is 3.66. The molecule has 0 aliphatic rings. The molecule has 20 heavy (non-hydrogen) atoms. The molecule has 1 aromatic rings. The number of benzene rings is 1. The van der Waals surface area contributed by atoms with E-state index in [-0.39, 0.29) is 15.2 Å². The van der Waals surface area contributed by atoms with Gasteiger partial charge in [-0.25, -0.2) is 13.1 Å². The van der Waals surface area contributed by atoms with Crippen molar-refractivity contribution in [2.75, 3.05) is 19.8 Å². The molecule has 0 bridgehead atoms. The normalized spacial score (nSPS) is 13.4. The van der Waals surface area contributed by atoms with Crippen LogP contribution in [-0.4, -0.2) is 33.5 Å². The van der Waals surface area contributed by atoms with Crippen molar-refractivity contribution in [3.63, 3.8) is 0 Å². The zero-order valence-electron chi connectivity index (χ0n) is 11.5. The molecule has 0 saturated carbocycles. The van der Waals surface area contributed by atoms with Crippen molar-refractivity contribution in [3.8, 4) is 0 Å². The molecule has 114 valence electrons. The first kappa shape index (κ1) is 18.1. The maximum Gasteiger partial charge on any atom is 0.242 e. The van der Waals surface area contributed by atoms with Crippen LogP contribution in [0.4, 0.5) is 0 Å². The number of thioether (sulfide) groups is 1. The van der Waals surface area contributed by atoms with Gasteiger partial charge in [0.15, 0.2) is 0 Å². The lowest BCUT2D eigenvalue weighted by Crippen LogP contribution is -2.30. The third kappa shape index (κ3) is 4.79. The molecule has 2 N–H and O–H groups in total. The molecule has 0 heterocycles. The van der Waals surface area contributed by atoms with Gasteiger partial charge in [0.25, 0.3) is 0 Å². The number of sulfonamides is 1. The quantitative estimate of drug-likeness (QED) is 0.788. The summed E-state index contributed by atoms with van der Waals surface area (Å²) in [6, 6.07) is 3.03. The summed E-state index contributed by atoms with van der Waals surface area (Å²) in [5.41, 5.74) is 0.653. The largest absolute Gasteiger partial charge is 0.316 e. The van der Waals surface area contributed by atoms with E-state index in [0.29, 0.717) is 23.7 Å². The fourth-order valence-corrected chi connectivity index (χ4v) is 3.94. The Kier molecular flexibility index (Phi) is 7.11. The van der Waals surface area contributed by atoms with Gasteiger partial charge >= 0.3 is 0 Å². The second kappa shape index (κ2) is 7.87. The molecule has 1 unspecified atom stereocenters. The molecule has 0 aliphatic carbocycles. The number of rotatable bonds is 7. The van der Waals surface area contributed by atoms with Crippen LogP contribution < -0.4 is 10.0 Å². The molecule has 0 amide bonds. The predicted octanol–water partition coefficient (Wildman–Crippen LogP) is 2.74. The monoisotopic (exact) mass is 356 g/mol. The molecule has 1 atom stereocenters. The summed E-state index contributed by atoms with van der Waals surface area (Å²) in [7, 11) is -1.91. The van der Waals surface area contributed by atoms with Gasteiger partial charge in [0.1, 0.15) is 4.90 Å². The van der Waals surface area contributed by atoms with Crippen LogP contribution in [0.15, 0.2) is 17.0 Å². The smallest absolute Gasteiger partial charge is 0.242 e. The molecule has 0 aliphatic heterocycles. The highest BCUT2D eigenvalue weighted by molar-refractivity contribution is 7.99. The van der Waals surface area contributed by atoms with E-state index in [4.69, 9.17) is 23.2 Å². The SMILES string of the molecule is CNCc1cc(Cl)cc(S(=O)(=O)NCC(C)SC)c1Cl. The molecule has 8 heteroatoms. The van der Waals surface area contributed by atoms with Gasteiger partial charge in [0.2, 0.25) is 10.0 Å². The van der Waals surface area contributed by atoms with E-state index in [1.165, 1.54) is 6.07 Å². The van der Waals surface area contributed by atoms with E-state index in [9.17, 15) is 8.42 Å². The first-order chi connectivity index (χ1) is 9.31. The third-order valence-corrected chi connectivity index (χ3v) is 5.90. The van der Waals surface area contributed by atoms with Crippen molar-refractivity contribution < 1.29 is 8.42 Å². The van der Waals surface area contributed by atoms with Crippen LogP contribution >= 0.6 is 35.0 Å². The Morgan fingerprint density at radius 3 is 2.55 bits per heavy atom. The molecule has 0 saturated heterocycles. The molecule has 0 fully saturated rings. The predicted molar refractivity (Wildman–Crippen MR) is 87.4 cm³/mol. The second-order valence-electron chi connectivity index (χ2n) is 4.31. The molecule has 0 aromatic heterocycles. The van der Waals surface area contributed by atoms with Crippen molar-refractivity contribution in [1.82, 2.24) is 10.0 Å². The Labute approximate surface area is 134 Å². The minimum absolute atomic E-state index is 0.0187. The van der Waals surface area contributed by atoms with E-state index in [0.717, 1.165) is 0 Å². The lowest BCUT2D eigenvalue weighted by molar-refractivity contribution is 0.581. The Morgan fingerprint density at radius 2 is 2.00 bits per heavy atom. The van der Waals surface area contributed by atoms with E-state index in [1.54, 1.807) is 24.9 Å². The van der Waals surface area contributed by atoms with E-state index in [1.807, 2.05) is 13.2 Å². The number of nitrogens with one attached hydrogen (secondary N) is 2. The molecular formula is C12H18Cl2N2O2S2. The summed E-state index contributed by atoms with van der Waals surface area (Å²) >= 11 is 13.7. The van der Waals surface area contributed by atoms with Gasteiger partial charge in [-0.05, 0) is 31.0 Å². The van der Waals surface area contributed by atoms with Crippen LogP contribution in [0.25, 0.3) is 0 Å². The highest BCUT2D eigenvalue weighted by Crippen LogP contribution is 2.29. The van der Waals surface area contributed by atoms with Gasteiger partial charge in [0.05, 0.1) is 5.02 Å². The lowest BCUT2D eigenvalue weighted by atomic mass is 10.2. The fourth-order valence-electron chi connectivity index (χ4n) is 1.52. The Balaban J connectivity index is 3.11. The Bertz CT molecular complexity index is 565. The zero-order chi connectivity index (χ0) is 15.3. The number of hydrogen-bond donors (Lipinski definition) is 2. The number of halogens is 2.